The summed E-state index contributed by atoms with van der Waals surface area (Å²) in [5.74, 6) is -0.187. The van der Waals surface area contributed by atoms with Crippen molar-refractivity contribution in [3.05, 3.63) is 58.7 Å². The number of hydrazone groups is 1. The number of H-pyrrole nitrogens is 1. The van der Waals surface area contributed by atoms with E-state index in [1.54, 1.807) is 6.20 Å². The van der Waals surface area contributed by atoms with E-state index in [1.165, 1.54) is 24.1 Å². The number of amides is 1. The lowest BCUT2D eigenvalue weighted by atomic mass is 9.98. The summed E-state index contributed by atoms with van der Waals surface area (Å²) in [6, 6.07) is 7.73. The fourth-order valence-electron chi connectivity index (χ4n) is 3.03. The van der Waals surface area contributed by atoms with Gasteiger partial charge in [-0.3, -0.25) is 9.78 Å². The molecule has 0 bridgehead atoms. The van der Waals surface area contributed by atoms with Gasteiger partial charge in [-0.2, -0.15) is 5.10 Å². The predicted octanol–water partition coefficient (Wildman–Crippen LogP) is 2.21. The van der Waals surface area contributed by atoms with Gasteiger partial charge in [0.25, 0.3) is 5.91 Å². The first-order valence-corrected chi connectivity index (χ1v) is 7.53. The number of pyridine rings is 1. The van der Waals surface area contributed by atoms with Crippen LogP contribution < -0.4 is 5.43 Å². The number of aryl methyl sites for hydroxylation is 2. The van der Waals surface area contributed by atoms with Gasteiger partial charge in [-0.15, -0.1) is 0 Å². The SMILES string of the molecule is O=C1NN=C(c2ccccn2)C1=Cc1cc2c([nH]1)CCCC2. The van der Waals surface area contributed by atoms with Gasteiger partial charge in [0.05, 0.1) is 11.3 Å². The highest BCUT2D eigenvalue weighted by molar-refractivity contribution is 6.32. The number of aromatic amines is 1. The smallest absolute Gasteiger partial charge is 0.273 e. The van der Waals surface area contributed by atoms with Crippen molar-refractivity contribution >= 4 is 17.7 Å². The van der Waals surface area contributed by atoms with E-state index in [2.05, 4.69) is 26.6 Å². The van der Waals surface area contributed by atoms with E-state index in [0.29, 0.717) is 17.0 Å². The van der Waals surface area contributed by atoms with Crippen molar-refractivity contribution < 1.29 is 4.79 Å². The zero-order valence-electron chi connectivity index (χ0n) is 12.1. The van der Waals surface area contributed by atoms with Gasteiger partial charge in [-0.05, 0) is 55.5 Å². The van der Waals surface area contributed by atoms with Crippen LogP contribution in [0.15, 0.2) is 41.1 Å². The fourth-order valence-corrected chi connectivity index (χ4v) is 3.03. The van der Waals surface area contributed by atoms with Gasteiger partial charge in [0, 0.05) is 17.6 Å². The molecule has 3 heterocycles. The van der Waals surface area contributed by atoms with E-state index in [0.717, 1.165) is 18.5 Å². The Balaban J connectivity index is 1.72. The number of carbonyl (C=O) groups excluding carboxylic acids is 1. The largest absolute Gasteiger partial charge is 0.359 e. The van der Waals surface area contributed by atoms with Crippen molar-refractivity contribution in [2.24, 2.45) is 5.10 Å². The minimum Gasteiger partial charge on any atom is -0.359 e. The van der Waals surface area contributed by atoms with Gasteiger partial charge >= 0.3 is 0 Å². The number of rotatable bonds is 2. The standard InChI is InChI=1S/C17H16N4O/c22-17-13(16(20-21-17)15-7-3-4-8-18-15)10-12-9-11-5-1-2-6-14(11)19-12/h3-4,7-10,19H,1-2,5-6H2,(H,21,22). The maximum atomic E-state index is 12.1. The highest BCUT2D eigenvalue weighted by Crippen LogP contribution is 2.24. The molecule has 0 saturated heterocycles. The summed E-state index contributed by atoms with van der Waals surface area (Å²) < 4.78 is 0. The molecule has 0 fully saturated rings. The molecule has 0 saturated carbocycles. The van der Waals surface area contributed by atoms with Gasteiger partial charge in [-0.25, -0.2) is 5.43 Å². The molecule has 110 valence electrons. The highest BCUT2D eigenvalue weighted by atomic mass is 16.2. The Morgan fingerprint density at radius 2 is 2.09 bits per heavy atom. The van der Waals surface area contributed by atoms with E-state index in [-0.39, 0.29) is 5.91 Å². The van der Waals surface area contributed by atoms with Crippen molar-refractivity contribution in [3.63, 3.8) is 0 Å². The first-order chi connectivity index (χ1) is 10.8. The predicted molar refractivity (Wildman–Crippen MR) is 84.3 cm³/mol. The van der Waals surface area contributed by atoms with Crippen LogP contribution in [-0.4, -0.2) is 21.6 Å². The molecule has 2 aromatic rings. The zero-order chi connectivity index (χ0) is 14.9. The molecular weight excluding hydrogens is 276 g/mol. The Hall–Kier alpha value is -2.69. The molecule has 0 aromatic carbocycles. The lowest BCUT2D eigenvalue weighted by molar-refractivity contribution is -0.116. The molecule has 0 atom stereocenters. The normalized spacial score (nSPS) is 19.0. The Labute approximate surface area is 128 Å². The Morgan fingerprint density at radius 3 is 2.91 bits per heavy atom. The van der Waals surface area contributed by atoms with Crippen molar-refractivity contribution in [2.75, 3.05) is 0 Å². The van der Waals surface area contributed by atoms with Crippen LogP contribution in [0.3, 0.4) is 0 Å². The van der Waals surface area contributed by atoms with E-state index in [4.69, 9.17) is 0 Å². The molecular formula is C17H16N4O. The topological polar surface area (TPSA) is 70.1 Å². The third-order valence-electron chi connectivity index (χ3n) is 4.11. The monoisotopic (exact) mass is 292 g/mol. The van der Waals surface area contributed by atoms with E-state index < -0.39 is 0 Å². The average molecular weight is 292 g/mol. The van der Waals surface area contributed by atoms with Crippen LogP contribution >= 0.6 is 0 Å². The number of carbonyl (C=O) groups is 1. The molecule has 2 aromatic heterocycles. The molecule has 1 amide bonds. The molecule has 5 heteroatoms. The molecule has 0 spiro atoms. The van der Waals surface area contributed by atoms with Crippen LogP contribution in [0.2, 0.25) is 0 Å². The molecule has 2 N–H and O–H groups in total. The summed E-state index contributed by atoms with van der Waals surface area (Å²) in [5, 5.41) is 4.12. The molecule has 5 nitrogen and oxygen atoms in total. The third kappa shape index (κ3) is 2.24. The van der Waals surface area contributed by atoms with Crippen molar-refractivity contribution in [2.45, 2.75) is 25.7 Å². The quantitative estimate of drug-likeness (QED) is 0.833. The van der Waals surface area contributed by atoms with Crippen molar-refractivity contribution in [1.29, 1.82) is 0 Å². The summed E-state index contributed by atoms with van der Waals surface area (Å²) in [4.78, 5) is 19.8. The summed E-state index contributed by atoms with van der Waals surface area (Å²) in [6.07, 6.45) is 8.24. The van der Waals surface area contributed by atoms with Gasteiger partial charge < -0.3 is 4.98 Å². The zero-order valence-corrected chi connectivity index (χ0v) is 12.1. The van der Waals surface area contributed by atoms with Crippen molar-refractivity contribution in [3.8, 4) is 0 Å². The molecule has 1 aliphatic carbocycles. The summed E-state index contributed by atoms with van der Waals surface area (Å²) in [7, 11) is 0. The molecule has 0 radical (unpaired) electrons. The second kappa shape index (κ2) is 5.26. The minimum absolute atomic E-state index is 0.187. The van der Waals surface area contributed by atoms with Gasteiger partial charge in [0.2, 0.25) is 0 Å². The number of fused-ring (bicyclic) bond motifs is 1. The van der Waals surface area contributed by atoms with Crippen LogP contribution in [-0.2, 0) is 17.6 Å². The van der Waals surface area contributed by atoms with E-state index in [1.807, 2.05) is 24.3 Å². The number of hydrogen-bond acceptors (Lipinski definition) is 3. The summed E-state index contributed by atoms with van der Waals surface area (Å²) >= 11 is 0. The molecule has 1 aliphatic heterocycles. The number of nitrogens with one attached hydrogen (secondary N) is 2. The second-order valence-electron chi connectivity index (χ2n) is 5.61. The average Bonchev–Trinajstić information content (AvgIpc) is 3.12. The Morgan fingerprint density at radius 1 is 1.18 bits per heavy atom. The Kier molecular flexibility index (Phi) is 3.11. The van der Waals surface area contributed by atoms with Crippen molar-refractivity contribution in [1.82, 2.24) is 15.4 Å². The van der Waals surface area contributed by atoms with Crippen LogP contribution in [0.25, 0.3) is 6.08 Å². The molecule has 4 rings (SSSR count). The maximum absolute atomic E-state index is 12.1. The first kappa shape index (κ1) is 13.0. The molecule has 0 unspecified atom stereocenters. The first-order valence-electron chi connectivity index (χ1n) is 7.53. The number of nitrogens with zero attached hydrogens (tertiary/aromatic N) is 2. The van der Waals surface area contributed by atoms with Gasteiger partial charge in [-0.1, -0.05) is 6.07 Å². The lowest BCUT2D eigenvalue weighted by Gasteiger charge is -2.08. The minimum atomic E-state index is -0.187. The van der Waals surface area contributed by atoms with E-state index >= 15 is 0 Å². The third-order valence-corrected chi connectivity index (χ3v) is 4.11. The Bertz CT molecular complexity index is 763. The van der Waals surface area contributed by atoms with Gasteiger partial charge in [0.15, 0.2) is 0 Å². The highest BCUT2D eigenvalue weighted by Gasteiger charge is 2.25. The molecule has 22 heavy (non-hydrogen) atoms. The molecule has 2 aliphatic rings. The fraction of sp³-hybridized carbons (Fsp3) is 0.235. The number of hydrogen-bond donors (Lipinski definition) is 2. The number of aromatic nitrogens is 2. The summed E-state index contributed by atoms with van der Waals surface area (Å²) in [5.41, 5.74) is 8.00. The maximum Gasteiger partial charge on any atom is 0.273 e. The second-order valence-corrected chi connectivity index (χ2v) is 5.61. The van der Waals surface area contributed by atoms with Crippen LogP contribution in [0.4, 0.5) is 0 Å². The van der Waals surface area contributed by atoms with Crippen LogP contribution in [0.1, 0.15) is 35.5 Å². The lowest BCUT2D eigenvalue weighted by Crippen LogP contribution is -2.14. The van der Waals surface area contributed by atoms with E-state index in [9.17, 15) is 4.79 Å². The van der Waals surface area contributed by atoms with Gasteiger partial charge in [0.1, 0.15) is 5.71 Å². The summed E-state index contributed by atoms with van der Waals surface area (Å²) in [6.45, 7) is 0. The van der Waals surface area contributed by atoms with Crippen LogP contribution in [0, 0.1) is 0 Å². The van der Waals surface area contributed by atoms with Crippen LogP contribution in [0.5, 0.6) is 0 Å².